The lowest BCUT2D eigenvalue weighted by molar-refractivity contribution is -0.123. The van der Waals surface area contributed by atoms with E-state index in [-0.39, 0.29) is 17.3 Å². The highest BCUT2D eigenvalue weighted by molar-refractivity contribution is 5.90. The monoisotopic (exact) mass is 249 g/mol. The van der Waals surface area contributed by atoms with Gasteiger partial charge in [0.1, 0.15) is 17.6 Å². The number of carbonyl (C=O) groups excluding carboxylic acids is 1. The summed E-state index contributed by atoms with van der Waals surface area (Å²) in [5.41, 5.74) is -0.0311. The Labute approximate surface area is 104 Å². The third-order valence-electron chi connectivity index (χ3n) is 3.47. The molecule has 2 unspecified atom stereocenters. The normalized spacial score (nSPS) is 17.9. The van der Waals surface area contributed by atoms with Gasteiger partial charge in [-0.25, -0.2) is 8.78 Å². The number of nitriles is 1. The fourth-order valence-electron chi connectivity index (χ4n) is 2.11. The van der Waals surface area contributed by atoms with Gasteiger partial charge in [0.15, 0.2) is 5.78 Å². The Morgan fingerprint density at radius 2 is 2.11 bits per heavy atom. The largest absolute Gasteiger partial charge is 0.298 e. The van der Waals surface area contributed by atoms with Crippen molar-refractivity contribution in [1.82, 2.24) is 0 Å². The molecule has 0 heterocycles. The van der Waals surface area contributed by atoms with Crippen LogP contribution >= 0.6 is 0 Å². The van der Waals surface area contributed by atoms with E-state index in [0.717, 1.165) is 18.9 Å². The maximum Gasteiger partial charge on any atom is 0.157 e. The summed E-state index contributed by atoms with van der Waals surface area (Å²) in [4.78, 5) is 12.1. The number of hydrogen-bond acceptors (Lipinski definition) is 2. The van der Waals surface area contributed by atoms with Crippen LogP contribution in [0.5, 0.6) is 0 Å². The Hall–Kier alpha value is -1.76. The van der Waals surface area contributed by atoms with Crippen molar-refractivity contribution in [2.24, 2.45) is 11.8 Å². The third-order valence-corrected chi connectivity index (χ3v) is 3.47. The molecule has 1 aromatic carbocycles. The molecule has 2 rings (SSSR count). The standard InChI is InChI=1S/C14H13F2NO/c1-8(9-2-3-9)14(18)12(7-17)11-5-4-10(15)6-13(11)16/h4-6,8-9,12H,2-3H2,1H3. The summed E-state index contributed by atoms with van der Waals surface area (Å²) < 4.78 is 26.4. The van der Waals surface area contributed by atoms with E-state index in [1.807, 2.05) is 6.07 Å². The number of halogens is 2. The molecule has 4 heteroatoms. The van der Waals surface area contributed by atoms with E-state index in [4.69, 9.17) is 5.26 Å². The third kappa shape index (κ3) is 2.40. The Bertz CT molecular complexity index is 517. The first-order chi connectivity index (χ1) is 8.54. The molecule has 1 fully saturated rings. The SMILES string of the molecule is CC(C(=O)C(C#N)c1ccc(F)cc1F)C1CC1. The second-order valence-electron chi connectivity index (χ2n) is 4.76. The van der Waals surface area contributed by atoms with E-state index < -0.39 is 17.6 Å². The van der Waals surface area contributed by atoms with Gasteiger partial charge < -0.3 is 0 Å². The van der Waals surface area contributed by atoms with Crippen LogP contribution in [0.4, 0.5) is 8.78 Å². The first kappa shape index (κ1) is 12.7. The highest BCUT2D eigenvalue weighted by Crippen LogP contribution is 2.39. The average Bonchev–Trinajstić information content (AvgIpc) is 3.15. The Balaban J connectivity index is 2.27. The van der Waals surface area contributed by atoms with E-state index in [0.29, 0.717) is 12.0 Å². The van der Waals surface area contributed by atoms with Gasteiger partial charge in [-0.2, -0.15) is 5.26 Å². The number of carbonyl (C=O) groups is 1. The lowest BCUT2D eigenvalue weighted by Gasteiger charge is -2.14. The number of ketones is 1. The van der Waals surface area contributed by atoms with Crippen LogP contribution in [0.25, 0.3) is 0 Å². The fourth-order valence-corrected chi connectivity index (χ4v) is 2.11. The van der Waals surface area contributed by atoms with E-state index in [1.54, 1.807) is 6.92 Å². The second-order valence-corrected chi connectivity index (χ2v) is 4.76. The van der Waals surface area contributed by atoms with Crippen molar-refractivity contribution in [3.63, 3.8) is 0 Å². The molecule has 1 aliphatic rings. The van der Waals surface area contributed by atoms with E-state index >= 15 is 0 Å². The molecule has 0 radical (unpaired) electrons. The van der Waals surface area contributed by atoms with Crippen molar-refractivity contribution in [2.75, 3.05) is 0 Å². The summed E-state index contributed by atoms with van der Waals surface area (Å²) >= 11 is 0. The van der Waals surface area contributed by atoms with Gasteiger partial charge >= 0.3 is 0 Å². The summed E-state index contributed by atoms with van der Waals surface area (Å²) in [5, 5.41) is 9.06. The zero-order valence-electron chi connectivity index (χ0n) is 9.99. The topological polar surface area (TPSA) is 40.9 Å². The van der Waals surface area contributed by atoms with Gasteiger partial charge in [0.05, 0.1) is 6.07 Å². The molecule has 2 atom stereocenters. The summed E-state index contributed by atoms with van der Waals surface area (Å²) in [6, 6.07) is 4.78. The average molecular weight is 249 g/mol. The lowest BCUT2D eigenvalue weighted by atomic mass is 9.86. The van der Waals surface area contributed by atoms with Crippen LogP contribution in [-0.2, 0) is 4.79 Å². The van der Waals surface area contributed by atoms with Crippen molar-refractivity contribution in [2.45, 2.75) is 25.7 Å². The predicted octanol–water partition coefficient (Wildman–Crippen LogP) is 3.19. The van der Waals surface area contributed by atoms with Crippen LogP contribution in [0.15, 0.2) is 18.2 Å². The summed E-state index contributed by atoms with van der Waals surface area (Å²) in [7, 11) is 0. The molecule has 1 aromatic rings. The van der Waals surface area contributed by atoms with E-state index in [9.17, 15) is 13.6 Å². The van der Waals surface area contributed by atoms with E-state index in [2.05, 4.69) is 0 Å². The van der Waals surface area contributed by atoms with Gasteiger partial charge in [-0.15, -0.1) is 0 Å². The molecule has 0 aromatic heterocycles. The minimum atomic E-state index is -1.14. The molecule has 1 aliphatic carbocycles. The zero-order valence-corrected chi connectivity index (χ0v) is 9.99. The van der Waals surface area contributed by atoms with Crippen LogP contribution in [-0.4, -0.2) is 5.78 Å². The first-order valence-corrected chi connectivity index (χ1v) is 5.93. The van der Waals surface area contributed by atoms with Gasteiger partial charge in [0, 0.05) is 17.5 Å². The van der Waals surface area contributed by atoms with Crippen molar-refractivity contribution in [3.05, 3.63) is 35.4 Å². The van der Waals surface area contributed by atoms with Gasteiger partial charge in [-0.3, -0.25) is 4.79 Å². The van der Waals surface area contributed by atoms with Crippen molar-refractivity contribution in [1.29, 1.82) is 5.26 Å². The lowest BCUT2D eigenvalue weighted by Crippen LogP contribution is -2.21. The minimum Gasteiger partial charge on any atom is -0.298 e. The zero-order chi connectivity index (χ0) is 13.3. The molecule has 0 N–H and O–H groups in total. The van der Waals surface area contributed by atoms with Crippen LogP contribution < -0.4 is 0 Å². The molecule has 0 saturated heterocycles. The summed E-state index contributed by atoms with van der Waals surface area (Å²) in [6.07, 6.45) is 1.97. The smallest absolute Gasteiger partial charge is 0.157 e. The quantitative estimate of drug-likeness (QED) is 0.822. The molecular formula is C14H13F2NO. The second kappa shape index (κ2) is 4.85. The number of hydrogen-bond donors (Lipinski definition) is 0. The van der Waals surface area contributed by atoms with Crippen molar-refractivity contribution < 1.29 is 13.6 Å². The predicted molar refractivity (Wildman–Crippen MR) is 61.6 cm³/mol. The first-order valence-electron chi connectivity index (χ1n) is 5.93. The molecule has 0 bridgehead atoms. The van der Waals surface area contributed by atoms with Gasteiger partial charge in [0.2, 0.25) is 0 Å². The van der Waals surface area contributed by atoms with Gasteiger partial charge in [-0.1, -0.05) is 13.0 Å². The number of rotatable bonds is 4. The fraction of sp³-hybridized carbons (Fsp3) is 0.429. The van der Waals surface area contributed by atoms with Crippen LogP contribution in [0.1, 0.15) is 31.2 Å². The molecule has 0 aliphatic heterocycles. The molecular weight excluding hydrogens is 236 g/mol. The maximum absolute atomic E-state index is 13.6. The van der Waals surface area contributed by atoms with Crippen LogP contribution in [0.3, 0.4) is 0 Å². The molecule has 0 amide bonds. The highest BCUT2D eigenvalue weighted by atomic mass is 19.1. The van der Waals surface area contributed by atoms with Crippen LogP contribution in [0, 0.1) is 34.8 Å². The number of benzene rings is 1. The highest BCUT2D eigenvalue weighted by Gasteiger charge is 2.37. The summed E-state index contributed by atoms with van der Waals surface area (Å²) in [5.74, 6) is -2.88. The Morgan fingerprint density at radius 1 is 1.44 bits per heavy atom. The Kier molecular flexibility index (Phi) is 3.42. The van der Waals surface area contributed by atoms with Gasteiger partial charge in [-0.05, 0) is 24.8 Å². The molecule has 2 nitrogen and oxygen atoms in total. The number of nitrogens with zero attached hydrogens (tertiary/aromatic N) is 1. The summed E-state index contributed by atoms with van der Waals surface area (Å²) in [6.45, 7) is 1.77. The molecule has 0 spiro atoms. The molecule has 18 heavy (non-hydrogen) atoms. The number of Topliss-reactive ketones (excluding diaryl/α,β-unsaturated/α-hetero) is 1. The van der Waals surface area contributed by atoms with Crippen molar-refractivity contribution >= 4 is 5.78 Å². The van der Waals surface area contributed by atoms with E-state index in [1.165, 1.54) is 6.07 Å². The minimum absolute atomic E-state index is 0.0311. The molecule has 94 valence electrons. The van der Waals surface area contributed by atoms with Crippen LogP contribution in [0.2, 0.25) is 0 Å². The van der Waals surface area contributed by atoms with Crippen molar-refractivity contribution in [3.8, 4) is 6.07 Å². The maximum atomic E-state index is 13.6. The van der Waals surface area contributed by atoms with Gasteiger partial charge in [0.25, 0.3) is 0 Å². The Morgan fingerprint density at radius 3 is 2.61 bits per heavy atom. The molecule has 1 saturated carbocycles.